The predicted octanol–water partition coefficient (Wildman–Crippen LogP) is 2.84. The van der Waals surface area contributed by atoms with Crippen molar-refractivity contribution in [1.29, 1.82) is 0 Å². The molecule has 126 valence electrons. The number of benzene rings is 2. The minimum Gasteiger partial charge on any atom is -0.493 e. The van der Waals surface area contributed by atoms with Crippen LogP contribution in [0.3, 0.4) is 0 Å². The summed E-state index contributed by atoms with van der Waals surface area (Å²) in [5, 5.41) is 2.81. The zero-order valence-electron chi connectivity index (χ0n) is 13.5. The maximum absolute atomic E-state index is 13.3. The second-order valence-electron chi connectivity index (χ2n) is 5.47. The number of halogens is 1. The number of nitrogens with one attached hydrogen (secondary N) is 1. The highest BCUT2D eigenvalue weighted by atomic mass is 19.1. The van der Waals surface area contributed by atoms with Crippen molar-refractivity contribution in [3.63, 3.8) is 0 Å². The van der Waals surface area contributed by atoms with Gasteiger partial charge in [0.2, 0.25) is 5.75 Å². The number of ether oxygens (including phenoxy) is 3. The molecule has 1 heterocycles. The van der Waals surface area contributed by atoms with Crippen LogP contribution >= 0.6 is 0 Å². The Kier molecular flexibility index (Phi) is 4.55. The standard InChI is InChI=1S/C18H18FNO4/c1-11-7-12(3-4-14(11)19)10-20-18(21)13-8-15(22-2)17-16(9-13)23-5-6-24-17/h3-4,7-9H,5-6,10H2,1-2H3,(H,20,21). The van der Waals surface area contributed by atoms with Crippen LogP contribution in [0.15, 0.2) is 30.3 Å². The van der Waals surface area contributed by atoms with E-state index < -0.39 is 0 Å². The van der Waals surface area contributed by atoms with Gasteiger partial charge in [-0.1, -0.05) is 12.1 Å². The van der Waals surface area contributed by atoms with Crippen LogP contribution < -0.4 is 19.5 Å². The van der Waals surface area contributed by atoms with Gasteiger partial charge >= 0.3 is 0 Å². The highest BCUT2D eigenvalue weighted by Crippen LogP contribution is 2.40. The van der Waals surface area contributed by atoms with Crippen LogP contribution in [0.25, 0.3) is 0 Å². The molecule has 0 saturated carbocycles. The van der Waals surface area contributed by atoms with Crippen LogP contribution in [-0.4, -0.2) is 26.2 Å². The topological polar surface area (TPSA) is 56.8 Å². The lowest BCUT2D eigenvalue weighted by atomic mass is 10.1. The first-order chi connectivity index (χ1) is 11.6. The number of hydrogen-bond donors (Lipinski definition) is 1. The molecule has 0 bridgehead atoms. The maximum atomic E-state index is 13.3. The first-order valence-electron chi connectivity index (χ1n) is 7.59. The average molecular weight is 331 g/mol. The Balaban J connectivity index is 1.76. The van der Waals surface area contributed by atoms with Gasteiger partial charge < -0.3 is 19.5 Å². The maximum Gasteiger partial charge on any atom is 0.251 e. The van der Waals surface area contributed by atoms with E-state index in [-0.39, 0.29) is 11.7 Å². The molecular weight excluding hydrogens is 313 g/mol. The highest BCUT2D eigenvalue weighted by molar-refractivity contribution is 5.95. The van der Waals surface area contributed by atoms with Crippen LogP contribution in [-0.2, 0) is 6.54 Å². The molecule has 0 fully saturated rings. The normalized spacial score (nSPS) is 12.6. The molecule has 3 rings (SSSR count). The number of hydrogen-bond acceptors (Lipinski definition) is 4. The molecule has 0 aromatic heterocycles. The monoisotopic (exact) mass is 331 g/mol. The summed E-state index contributed by atoms with van der Waals surface area (Å²) < 4.78 is 29.6. The number of fused-ring (bicyclic) bond motifs is 1. The van der Waals surface area contributed by atoms with Crippen molar-refractivity contribution in [2.24, 2.45) is 0 Å². The van der Waals surface area contributed by atoms with Crippen LogP contribution in [0.4, 0.5) is 4.39 Å². The zero-order valence-corrected chi connectivity index (χ0v) is 13.5. The van der Waals surface area contributed by atoms with Crippen LogP contribution in [0, 0.1) is 12.7 Å². The first kappa shape index (κ1) is 16.1. The fraction of sp³-hybridized carbons (Fsp3) is 0.278. The van der Waals surface area contributed by atoms with E-state index in [1.165, 1.54) is 13.2 Å². The molecule has 24 heavy (non-hydrogen) atoms. The van der Waals surface area contributed by atoms with Crippen molar-refractivity contribution < 1.29 is 23.4 Å². The molecule has 1 amide bonds. The summed E-state index contributed by atoms with van der Waals surface area (Å²) in [7, 11) is 1.51. The largest absolute Gasteiger partial charge is 0.493 e. The molecule has 1 aliphatic heterocycles. The third kappa shape index (κ3) is 3.27. The lowest BCUT2D eigenvalue weighted by Gasteiger charge is -2.21. The summed E-state index contributed by atoms with van der Waals surface area (Å²) in [6.07, 6.45) is 0. The van der Waals surface area contributed by atoms with Crippen molar-refractivity contribution in [2.45, 2.75) is 13.5 Å². The molecular formula is C18H18FNO4. The van der Waals surface area contributed by atoms with E-state index >= 15 is 0 Å². The number of methoxy groups -OCH3 is 1. The highest BCUT2D eigenvalue weighted by Gasteiger charge is 2.20. The number of carbonyl (C=O) groups excluding carboxylic acids is 1. The summed E-state index contributed by atoms with van der Waals surface area (Å²) in [6.45, 7) is 2.86. The Morgan fingerprint density at radius 2 is 2.04 bits per heavy atom. The molecule has 6 heteroatoms. The lowest BCUT2D eigenvalue weighted by Crippen LogP contribution is -2.24. The molecule has 2 aromatic rings. The van der Waals surface area contributed by atoms with Crippen molar-refractivity contribution in [3.8, 4) is 17.2 Å². The van der Waals surface area contributed by atoms with Crippen molar-refractivity contribution in [2.75, 3.05) is 20.3 Å². The van der Waals surface area contributed by atoms with E-state index in [1.807, 2.05) is 0 Å². The summed E-state index contributed by atoms with van der Waals surface area (Å²) in [5.41, 5.74) is 1.78. The second-order valence-corrected chi connectivity index (χ2v) is 5.47. The van der Waals surface area contributed by atoms with Gasteiger partial charge in [-0.2, -0.15) is 0 Å². The van der Waals surface area contributed by atoms with E-state index in [4.69, 9.17) is 14.2 Å². The van der Waals surface area contributed by atoms with E-state index in [1.54, 1.807) is 31.2 Å². The summed E-state index contributed by atoms with van der Waals surface area (Å²) in [6, 6.07) is 7.98. The van der Waals surface area contributed by atoms with Crippen LogP contribution in [0.5, 0.6) is 17.2 Å². The molecule has 0 unspecified atom stereocenters. The van der Waals surface area contributed by atoms with E-state index in [0.717, 1.165) is 5.56 Å². The van der Waals surface area contributed by atoms with Gasteiger partial charge in [-0.15, -0.1) is 0 Å². The minimum atomic E-state index is -0.271. The zero-order chi connectivity index (χ0) is 17.1. The van der Waals surface area contributed by atoms with Crippen LogP contribution in [0.1, 0.15) is 21.5 Å². The molecule has 5 nitrogen and oxygen atoms in total. The molecule has 0 saturated heterocycles. The lowest BCUT2D eigenvalue weighted by molar-refractivity contribution is 0.0949. The molecule has 0 radical (unpaired) electrons. The van der Waals surface area contributed by atoms with Gasteiger partial charge in [0, 0.05) is 12.1 Å². The molecule has 1 N–H and O–H groups in total. The van der Waals surface area contributed by atoms with Gasteiger partial charge in [-0.3, -0.25) is 4.79 Å². The Labute approximate surface area is 139 Å². The van der Waals surface area contributed by atoms with Gasteiger partial charge in [-0.25, -0.2) is 4.39 Å². The predicted molar refractivity (Wildman–Crippen MR) is 86.3 cm³/mol. The quantitative estimate of drug-likeness (QED) is 0.936. The van der Waals surface area contributed by atoms with Gasteiger partial charge in [0.25, 0.3) is 5.91 Å². The number of rotatable bonds is 4. The Bertz CT molecular complexity index is 759. The minimum absolute atomic E-state index is 0.262. The number of aryl methyl sites for hydroxylation is 1. The van der Waals surface area contributed by atoms with E-state index in [9.17, 15) is 9.18 Å². The first-order valence-corrected chi connectivity index (χ1v) is 7.59. The number of carbonyl (C=O) groups is 1. The fourth-order valence-electron chi connectivity index (χ4n) is 2.51. The Morgan fingerprint density at radius 1 is 1.25 bits per heavy atom. The van der Waals surface area contributed by atoms with Crippen LogP contribution in [0.2, 0.25) is 0 Å². The van der Waals surface area contributed by atoms with E-state index in [0.29, 0.717) is 48.1 Å². The average Bonchev–Trinajstić information content (AvgIpc) is 2.61. The van der Waals surface area contributed by atoms with Crippen molar-refractivity contribution in [3.05, 3.63) is 52.8 Å². The van der Waals surface area contributed by atoms with Gasteiger partial charge in [0.05, 0.1) is 7.11 Å². The number of amides is 1. The van der Waals surface area contributed by atoms with Gasteiger partial charge in [0.1, 0.15) is 19.0 Å². The molecule has 0 spiro atoms. The van der Waals surface area contributed by atoms with Crippen molar-refractivity contribution in [1.82, 2.24) is 5.32 Å². The third-order valence-corrected chi connectivity index (χ3v) is 3.77. The fourth-order valence-corrected chi connectivity index (χ4v) is 2.51. The SMILES string of the molecule is COc1cc(C(=O)NCc2ccc(F)c(C)c2)cc2c1OCCO2. The molecule has 0 aliphatic carbocycles. The summed E-state index contributed by atoms with van der Waals surface area (Å²) in [4.78, 5) is 12.4. The Morgan fingerprint density at radius 3 is 2.79 bits per heavy atom. The third-order valence-electron chi connectivity index (χ3n) is 3.77. The van der Waals surface area contributed by atoms with Gasteiger partial charge in [-0.05, 0) is 36.2 Å². The smallest absolute Gasteiger partial charge is 0.251 e. The van der Waals surface area contributed by atoms with E-state index in [2.05, 4.69) is 5.32 Å². The van der Waals surface area contributed by atoms with Crippen molar-refractivity contribution >= 4 is 5.91 Å². The second kappa shape index (κ2) is 6.78. The van der Waals surface area contributed by atoms with Gasteiger partial charge in [0.15, 0.2) is 11.5 Å². The molecule has 0 atom stereocenters. The summed E-state index contributed by atoms with van der Waals surface area (Å²) >= 11 is 0. The molecule has 2 aromatic carbocycles. The Hall–Kier alpha value is -2.76. The molecule has 1 aliphatic rings. The summed E-state index contributed by atoms with van der Waals surface area (Å²) in [5.74, 6) is 0.918.